The van der Waals surface area contributed by atoms with Crippen LogP contribution in [0.15, 0.2) is 85.2 Å². The smallest absolute Gasteiger partial charge is 0.181 e. The van der Waals surface area contributed by atoms with Crippen molar-refractivity contribution in [1.82, 2.24) is 25.5 Å². The minimum absolute atomic E-state index is 0.0275. The van der Waals surface area contributed by atoms with Crippen LogP contribution >= 0.6 is 0 Å². The molecule has 2 heterocycles. The highest BCUT2D eigenvalue weighted by Gasteiger charge is 2.17. The third-order valence-corrected chi connectivity index (χ3v) is 4.93. The number of para-hydroxylation sites is 1. The second-order valence-electron chi connectivity index (χ2n) is 7.12. The van der Waals surface area contributed by atoms with Gasteiger partial charge >= 0.3 is 0 Å². The number of rotatable bonds is 10. The van der Waals surface area contributed by atoms with Crippen LogP contribution < -0.4 is 10.6 Å². The summed E-state index contributed by atoms with van der Waals surface area (Å²) in [6.45, 7) is 1.82. The molecule has 0 bridgehead atoms. The van der Waals surface area contributed by atoms with Crippen LogP contribution in [0.4, 0.5) is 5.69 Å². The predicted octanol–water partition coefficient (Wildman–Crippen LogP) is 4.24. The van der Waals surface area contributed by atoms with Crippen LogP contribution in [0.5, 0.6) is 0 Å². The first-order chi connectivity index (χ1) is 14.9. The summed E-state index contributed by atoms with van der Waals surface area (Å²) in [4.78, 5) is 8.80. The molecule has 6 nitrogen and oxygen atoms in total. The molecule has 0 saturated carbocycles. The van der Waals surface area contributed by atoms with E-state index >= 15 is 0 Å². The molecular formula is C24H26N6. The van der Waals surface area contributed by atoms with E-state index in [1.807, 2.05) is 36.4 Å². The zero-order chi connectivity index (χ0) is 20.4. The molecule has 0 aliphatic heterocycles. The lowest BCUT2D eigenvalue weighted by atomic mass is 10.1. The molecule has 2 aromatic carbocycles. The van der Waals surface area contributed by atoms with Gasteiger partial charge in [0.15, 0.2) is 5.82 Å². The van der Waals surface area contributed by atoms with E-state index in [1.165, 1.54) is 5.56 Å². The van der Waals surface area contributed by atoms with E-state index in [1.54, 1.807) is 12.4 Å². The van der Waals surface area contributed by atoms with Crippen molar-refractivity contribution < 1.29 is 0 Å². The van der Waals surface area contributed by atoms with E-state index in [0.717, 1.165) is 43.0 Å². The molecule has 0 fully saturated rings. The van der Waals surface area contributed by atoms with Crippen LogP contribution in [0.1, 0.15) is 23.9 Å². The van der Waals surface area contributed by atoms with E-state index in [0.29, 0.717) is 5.82 Å². The monoisotopic (exact) mass is 398 g/mol. The van der Waals surface area contributed by atoms with Gasteiger partial charge in [0.1, 0.15) is 5.82 Å². The van der Waals surface area contributed by atoms with Crippen molar-refractivity contribution in [3.8, 4) is 11.4 Å². The highest BCUT2D eigenvalue weighted by molar-refractivity contribution is 5.53. The average molecular weight is 399 g/mol. The Morgan fingerprint density at radius 1 is 0.833 bits per heavy atom. The quantitative estimate of drug-likeness (QED) is 0.348. The average Bonchev–Trinajstić information content (AvgIpc) is 3.30. The van der Waals surface area contributed by atoms with Gasteiger partial charge in [0.25, 0.3) is 0 Å². The Hall–Kier alpha value is -3.51. The van der Waals surface area contributed by atoms with Gasteiger partial charge < -0.3 is 10.6 Å². The number of pyridine rings is 1. The van der Waals surface area contributed by atoms with Gasteiger partial charge in [0.2, 0.25) is 0 Å². The molecule has 1 atom stereocenters. The van der Waals surface area contributed by atoms with E-state index in [4.69, 9.17) is 4.98 Å². The molecule has 30 heavy (non-hydrogen) atoms. The van der Waals surface area contributed by atoms with Gasteiger partial charge in [-0.3, -0.25) is 10.1 Å². The molecule has 0 saturated heterocycles. The molecule has 4 aromatic rings. The highest BCUT2D eigenvalue weighted by Crippen LogP contribution is 2.22. The summed E-state index contributed by atoms with van der Waals surface area (Å²) in [6, 6.07) is 24.6. The van der Waals surface area contributed by atoms with E-state index in [2.05, 4.69) is 62.2 Å². The maximum Gasteiger partial charge on any atom is 0.181 e. The van der Waals surface area contributed by atoms with Crippen molar-refractivity contribution >= 4 is 5.69 Å². The van der Waals surface area contributed by atoms with Gasteiger partial charge in [-0.1, -0.05) is 48.5 Å². The summed E-state index contributed by atoms with van der Waals surface area (Å²) in [5.41, 5.74) is 3.36. The molecule has 2 aromatic heterocycles. The topological polar surface area (TPSA) is 78.5 Å². The molecule has 0 aliphatic rings. The molecule has 6 heteroatoms. The molecule has 3 N–H and O–H groups in total. The molecule has 0 spiro atoms. The Morgan fingerprint density at radius 3 is 2.33 bits per heavy atom. The van der Waals surface area contributed by atoms with Crippen LogP contribution in [-0.4, -0.2) is 33.3 Å². The number of hydrogen-bond acceptors (Lipinski definition) is 5. The number of aromatic amines is 1. The number of hydrogen-bond donors (Lipinski definition) is 3. The summed E-state index contributed by atoms with van der Waals surface area (Å²) in [7, 11) is 0. The lowest BCUT2D eigenvalue weighted by molar-refractivity contribution is 0.585. The van der Waals surface area contributed by atoms with Crippen molar-refractivity contribution in [2.75, 3.05) is 18.4 Å². The van der Waals surface area contributed by atoms with Crippen molar-refractivity contribution in [3.63, 3.8) is 0 Å². The number of aromatic nitrogens is 4. The minimum atomic E-state index is 0.0275. The fourth-order valence-electron chi connectivity index (χ4n) is 3.32. The third kappa shape index (κ3) is 5.52. The number of H-pyrrole nitrogens is 1. The number of nitrogens with one attached hydrogen (secondary N) is 3. The molecule has 0 radical (unpaired) electrons. The van der Waals surface area contributed by atoms with Gasteiger partial charge in [0.05, 0.1) is 6.04 Å². The van der Waals surface area contributed by atoms with Crippen molar-refractivity contribution in [1.29, 1.82) is 0 Å². The molecule has 0 amide bonds. The molecule has 4 rings (SSSR count). The second-order valence-corrected chi connectivity index (χ2v) is 7.12. The van der Waals surface area contributed by atoms with Crippen LogP contribution in [0.3, 0.4) is 0 Å². The number of nitrogens with zero attached hydrogens (tertiary/aromatic N) is 3. The second kappa shape index (κ2) is 10.3. The van der Waals surface area contributed by atoms with Gasteiger partial charge in [-0.25, -0.2) is 4.98 Å². The van der Waals surface area contributed by atoms with Gasteiger partial charge in [-0.2, -0.15) is 5.10 Å². The van der Waals surface area contributed by atoms with Crippen molar-refractivity contribution in [2.24, 2.45) is 0 Å². The van der Waals surface area contributed by atoms with Crippen LogP contribution in [0, 0.1) is 0 Å². The fourth-order valence-corrected chi connectivity index (χ4v) is 3.32. The normalized spacial score (nSPS) is 11.9. The maximum absolute atomic E-state index is 4.74. The van der Waals surface area contributed by atoms with Crippen molar-refractivity contribution in [2.45, 2.75) is 18.9 Å². The van der Waals surface area contributed by atoms with E-state index < -0.39 is 0 Å². The van der Waals surface area contributed by atoms with Gasteiger partial charge in [-0.05, 0) is 55.8 Å². The molecule has 0 aliphatic carbocycles. The molecular weight excluding hydrogens is 372 g/mol. The number of anilines is 1. The summed E-state index contributed by atoms with van der Waals surface area (Å²) < 4.78 is 0. The van der Waals surface area contributed by atoms with Crippen LogP contribution in [-0.2, 0) is 6.42 Å². The standard InChI is InChI=1S/C24H26N6/c1-3-7-19(8-4-1)11-15-25-18-14-22(27-21-9-5-2-6-10-21)24-28-23(29-30-24)20-12-16-26-17-13-20/h1-10,12-13,16-17,22,25,27H,11,14-15,18H2,(H,28,29,30). The highest BCUT2D eigenvalue weighted by atomic mass is 15.2. The minimum Gasteiger partial charge on any atom is -0.375 e. The van der Waals surface area contributed by atoms with Crippen LogP contribution in [0.2, 0.25) is 0 Å². The number of benzene rings is 2. The summed E-state index contributed by atoms with van der Waals surface area (Å²) >= 11 is 0. The Morgan fingerprint density at radius 2 is 1.57 bits per heavy atom. The predicted molar refractivity (Wildman–Crippen MR) is 120 cm³/mol. The Kier molecular flexibility index (Phi) is 6.81. The first kappa shape index (κ1) is 19.8. The largest absolute Gasteiger partial charge is 0.375 e. The van der Waals surface area contributed by atoms with Gasteiger partial charge in [0, 0.05) is 23.6 Å². The molecule has 152 valence electrons. The summed E-state index contributed by atoms with van der Waals surface area (Å²) in [6.07, 6.45) is 5.41. The van der Waals surface area contributed by atoms with E-state index in [-0.39, 0.29) is 6.04 Å². The SMILES string of the molecule is c1ccc(CCNCCC(Nc2ccccc2)c2nc(-c3ccncc3)n[nH]2)cc1. The molecule has 1 unspecified atom stereocenters. The van der Waals surface area contributed by atoms with Crippen molar-refractivity contribution in [3.05, 3.63) is 96.6 Å². The lowest BCUT2D eigenvalue weighted by Gasteiger charge is -2.18. The van der Waals surface area contributed by atoms with E-state index in [9.17, 15) is 0 Å². The Bertz CT molecular complexity index is 1000. The van der Waals surface area contributed by atoms with Gasteiger partial charge in [-0.15, -0.1) is 0 Å². The Balaban J connectivity index is 1.39. The zero-order valence-corrected chi connectivity index (χ0v) is 16.8. The fraction of sp³-hybridized carbons (Fsp3) is 0.208. The first-order valence-corrected chi connectivity index (χ1v) is 10.3. The summed E-state index contributed by atoms with van der Waals surface area (Å²) in [5.74, 6) is 1.51. The Labute approximate surface area is 176 Å². The first-order valence-electron chi connectivity index (χ1n) is 10.3. The third-order valence-electron chi connectivity index (χ3n) is 4.93. The maximum atomic E-state index is 4.74. The lowest BCUT2D eigenvalue weighted by Crippen LogP contribution is -2.23. The van der Waals surface area contributed by atoms with Crippen LogP contribution in [0.25, 0.3) is 11.4 Å². The summed E-state index contributed by atoms with van der Waals surface area (Å²) in [5, 5.41) is 14.7. The zero-order valence-electron chi connectivity index (χ0n) is 16.8.